The van der Waals surface area contributed by atoms with E-state index in [-0.39, 0.29) is 5.41 Å². The number of nitrogens with one attached hydrogen (secondary N) is 1. The lowest BCUT2D eigenvalue weighted by Gasteiger charge is -2.30. The fraction of sp³-hybridized carbons (Fsp3) is 0.600. The molecule has 30 heavy (non-hydrogen) atoms. The van der Waals surface area contributed by atoms with E-state index in [0.29, 0.717) is 30.3 Å². The van der Waals surface area contributed by atoms with E-state index in [9.17, 15) is 4.79 Å². The van der Waals surface area contributed by atoms with Gasteiger partial charge in [0.05, 0.1) is 16.1 Å². The molecule has 1 saturated heterocycles. The molecule has 1 N–H and O–H groups in total. The number of hydrogen-bond acceptors (Lipinski definition) is 4. The molecule has 2 aromatic rings. The van der Waals surface area contributed by atoms with E-state index in [0.717, 1.165) is 31.6 Å². The van der Waals surface area contributed by atoms with Gasteiger partial charge in [0.25, 0.3) is 0 Å². The molecule has 1 aliphatic rings. The molecule has 2 unspecified atom stereocenters. The number of rotatable bonds is 7. The van der Waals surface area contributed by atoms with Gasteiger partial charge in [-0.1, -0.05) is 52.0 Å². The quantitative estimate of drug-likeness (QED) is 0.620. The van der Waals surface area contributed by atoms with E-state index >= 15 is 0 Å². The topological polar surface area (TPSA) is 45.2 Å². The van der Waals surface area contributed by atoms with Crippen molar-refractivity contribution in [2.24, 2.45) is 11.3 Å². The van der Waals surface area contributed by atoms with Crippen molar-refractivity contribution in [3.63, 3.8) is 0 Å². The standard InChI is InChI=1S/C25H37N3OS/c1-17-11-22(28(15-17)23(29)13-25(4,5)6)12-18(2)26-14-20-7-9-21(10-8-20)24-19(3)27-16-30-24/h7-10,16-18,22,26H,11-15H2,1-6H3/t17?,18?,22-/m0/s1. The van der Waals surface area contributed by atoms with Gasteiger partial charge in [-0.2, -0.15) is 0 Å². The molecule has 1 aliphatic heterocycles. The summed E-state index contributed by atoms with van der Waals surface area (Å²) in [7, 11) is 0. The van der Waals surface area contributed by atoms with Crippen LogP contribution in [-0.2, 0) is 11.3 Å². The van der Waals surface area contributed by atoms with E-state index in [1.165, 1.54) is 16.0 Å². The van der Waals surface area contributed by atoms with E-state index in [1.807, 2.05) is 5.51 Å². The summed E-state index contributed by atoms with van der Waals surface area (Å²) in [5.41, 5.74) is 5.56. The summed E-state index contributed by atoms with van der Waals surface area (Å²) in [5, 5.41) is 3.67. The van der Waals surface area contributed by atoms with Crippen molar-refractivity contribution < 1.29 is 4.79 Å². The van der Waals surface area contributed by atoms with Gasteiger partial charge in [0, 0.05) is 31.6 Å². The number of hydrogen-bond donors (Lipinski definition) is 1. The van der Waals surface area contributed by atoms with Gasteiger partial charge in [-0.15, -0.1) is 11.3 Å². The Kier molecular flexibility index (Phi) is 7.35. The third-order valence-electron chi connectivity index (χ3n) is 5.87. The zero-order valence-corrected chi connectivity index (χ0v) is 20.2. The van der Waals surface area contributed by atoms with Crippen molar-refractivity contribution in [2.75, 3.05) is 6.54 Å². The minimum atomic E-state index is 0.0429. The molecule has 164 valence electrons. The number of aryl methyl sites for hydroxylation is 1. The first-order valence-corrected chi connectivity index (χ1v) is 12.0. The minimum Gasteiger partial charge on any atom is -0.339 e. The van der Waals surface area contributed by atoms with E-state index < -0.39 is 0 Å². The monoisotopic (exact) mass is 427 g/mol. The van der Waals surface area contributed by atoms with Crippen molar-refractivity contribution in [3.8, 4) is 10.4 Å². The predicted octanol–water partition coefficient (Wildman–Crippen LogP) is 5.66. The van der Waals surface area contributed by atoms with E-state index in [2.05, 4.69) is 81.0 Å². The van der Waals surface area contributed by atoms with Crippen LogP contribution >= 0.6 is 11.3 Å². The SMILES string of the molecule is Cc1ncsc1-c1ccc(CNC(C)C[C@@H]2CC(C)CN2C(=O)CC(C)(C)C)cc1. The maximum Gasteiger partial charge on any atom is 0.223 e. The number of thiazole rings is 1. The number of amides is 1. The Labute approximate surface area is 186 Å². The molecule has 0 saturated carbocycles. The molecule has 2 heterocycles. The van der Waals surface area contributed by atoms with Crippen LogP contribution in [0.3, 0.4) is 0 Å². The Bertz CT molecular complexity index is 837. The molecule has 0 aliphatic carbocycles. The van der Waals surface area contributed by atoms with Gasteiger partial charge in [-0.05, 0) is 49.1 Å². The molecule has 4 nitrogen and oxygen atoms in total. The van der Waals surface area contributed by atoms with Gasteiger partial charge in [0.15, 0.2) is 0 Å². The van der Waals surface area contributed by atoms with E-state index in [4.69, 9.17) is 0 Å². The summed E-state index contributed by atoms with van der Waals surface area (Å²) in [4.78, 5) is 20.6. The minimum absolute atomic E-state index is 0.0429. The second kappa shape index (κ2) is 9.61. The lowest BCUT2D eigenvalue weighted by Crippen LogP contribution is -2.41. The first kappa shape index (κ1) is 23.0. The molecular weight excluding hydrogens is 390 g/mol. The van der Waals surface area contributed by atoms with Gasteiger partial charge in [-0.25, -0.2) is 4.98 Å². The second-order valence-corrected chi connectivity index (χ2v) is 11.1. The van der Waals surface area contributed by atoms with Crippen LogP contribution in [0.1, 0.15) is 65.1 Å². The zero-order valence-electron chi connectivity index (χ0n) is 19.4. The van der Waals surface area contributed by atoms with Crippen molar-refractivity contribution in [3.05, 3.63) is 41.0 Å². The molecular formula is C25H37N3OS. The largest absolute Gasteiger partial charge is 0.339 e. The highest BCUT2D eigenvalue weighted by molar-refractivity contribution is 7.13. The normalized spacial score (nSPS) is 20.5. The Balaban J connectivity index is 1.52. The number of carbonyl (C=O) groups is 1. The van der Waals surface area contributed by atoms with Crippen LogP contribution in [0, 0.1) is 18.3 Å². The first-order chi connectivity index (χ1) is 14.1. The van der Waals surface area contributed by atoms with Gasteiger partial charge in [0.1, 0.15) is 0 Å². The summed E-state index contributed by atoms with van der Waals surface area (Å²) >= 11 is 1.69. The summed E-state index contributed by atoms with van der Waals surface area (Å²) in [6.45, 7) is 14.8. The highest BCUT2D eigenvalue weighted by Crippen LogP contribution is 2.30. The zero-order chi connectivity index (χ0) is 21.9. The van der Waals surface area contributed by atoms with Gasteiger partial charge >= 0.3 is 0 Å². The van der Waals surface area contributed by atoms with Crippen LogP contribution in [0.25, 0.3) is 10.4 Å². The van der Waals surface area contributed by atoms with Gasteiger partial charge in [-0.3, -0.25) is 4.79 Å². The first-order valence-electron chi connectivity index (χ1n) is 11.1. The van der Waals surface area contributed by atoms with E-state index in [1.54, 1.807) is 11.3 Å². The van der Waals surface area contributed by atoms with Crippen molar-refractivity contribution in [1.29, 1.82) is 0 Å². The third-order valence-corrected chi connectivity index (χ3v) is 6.85. The number of nitrogens with zero attached hydrogens (tertiary/aromatic N) is 2. The van der Waals surface area contributed by atoms with Crippen LogP contribution in [0.2, 0.25) is 0 Å². The Morgan fingerprint density at radius 2 is 2.00 bits per heavy atom. The Hall–Kier alpha value is -1.72. The molecule has 1 aromatic heterocycles. The molecule has 0 bridgehead atoms. The summed E-state index contributed by atoms with van der Waals surface area (Å²) < 4.78 is 0. The highest BCUT2D eigenvalue weighted by Gasteiger charge is 2.34. The number of likely N-dealkylation sites (tertiary alicyclic amines) is 1. The second-order valence-electron chi connectivity index (χ2n) is 10.3. The van der Waals surface area contributed by atoms with Crippen molar-refractivity contribution in [1.82, 2.24) is 15.2 Å². The van der Waals surface area contributed by atoms with Crippen molar-refractivity contribution >= 4 is 17.2 Å². The lowest BCUT2D eigenvalue weighted by atomic mass is 9.91. The molecule has 0 radical (unpaired) electrons. The fourth-order valence-electron chi connectivity index (χ4n) is 4.37. The van der Waals surface area contributed by atoms with Crippen LogP contribution < -0.4 is 5.32 Å². The van der Waals surface area contributed by atoms with Gasteiger partial charge < -0.3 is 10.2 Å². The summed E-state index contributed by atoms with van der Waals surface area (Å²) in [6.07, 6.45) is 2.76. The predicted molar refractivity (Wildman–Crippen MR) is 127 cm³/mol. The molecule has 0 spiro atoms. The van der Waals surface area contributed by atoms with Crippen molar-refractivity contribution in [2.45, 2.75) is 79.4 Å². The van der Waals surface area contributed by atoms with Crippen LogP contribution in [0.15, 0.2) is 29.8 Å². The van der Waals surface area contributed by atoms with Crippen LogP contribution in [-0.4, -0.2) is 34.4 Å². The molecule has 1 amide bonds. The number of carbonyl (C=O) groups excluding carboxylic acids is 1. The maximum atomic E-state index is 12.8. The highest BCUT2D eigenvalue weighted by atomic mass is 32.1. The van der Waals surface area contributed by atoms with Gasteiger partial charge in [0.2, 0.25) is 5.91 Å². The summed E-state index contributed by atoms with van der Waals surface area (Å²) in [6, 6.07) is 9.50. The Morgan fingerprint density at radius 3 is 2.60 bits per heavy atom. The number of aromatic nitrogens is 1. The lowest BCUT2D eigenvalue weighted by molar-refractivity contribution is -0.134. The molecule has 1 aromatic carbocycles. The molecule has 5 heteroatoms. The van der Waals surface area contributed by atoms with Crippen LogP contribution in [0.5, 0.6) is 0 Å². The molecule has 3 atom stereocenters. The molecule has 1 fully saturated rings. The summed E-state index contributed by atoms with van der Waals surface area (Å²) in [5.74, 6) is 0.909. The Morgan fingerprint density at radius 1 is 1.30 bits per heavy atom. The fourth-order valence-corrected chi connectivity index (χ4v) is 5.18. The van der Waals surface area contributed by atoms with Crippen LogP contribution in [0.4, 0.5) is 0 Å². The average Bonchev–Trinajstić information content (AvgIpc) is 3.24. The number of benzene rings is 1. The average molecular weight is 428 g/mol. The smallest absolute Gasteiger partial charge is 0.223 e. The molecule has 3 rings (SSSR count). The maximum absolute atomic E-state index is 12.8. The third kappa shape index (κ3) is 6.14.